The minimum atomic E-state index is 0.110. The lowest BCUT2D eigenvalue weighted by Crippen LogP contribution is -2.37. The molecule has 4 nitrogen and oxygen atoms in total. The van der Waals surface area contributed by atoms with Crippen molar-refractivity contribution in [3.8, 4) is 0 Å². The molecule has 0 amide bonds. The minimum absolute atomic E-state index is 0.110. The third-order valence-corrected chi connectivity index (χ3v) is 3.81. The molecular weight excluding hydrogens is 262 g/mol. The van der Waals surface area contributed by atoms with Gasteiger partial charge in [-0.15, -0.1) is 0 Å². The van der Waals surface area contributed by atoms with Gasteiger partial charge in [0.1, 0.15) is 5.82 Å². The molecule has 1 aromatic heterocycles. The van der Waals surface area contributed by atoms with Crippen molar-refractivity contribution in [2.45, 2.75) is 58.7 Å². The Bertz CT molecular complexity index is 436. The number of nitrogens with zero attached hydrogens (tertiary/aromatic N) is 2. The molecule has 2 heterocycles. The average Bonchev–Trinajstić information content (AvgIpc) is 2.95. The Morgan fingerprint density at radius 2 is 2.24 bits per heavy atom. The van der Waals surface area contributed by atoms with Gasteiger partial charge in [-0.25, -0.2) is 4.98 Å². The predicted molar refractivity (Wildman–Crippen MR) is 87.7 cm³/mol. The first-order valence-electron chi connectivity index (χ1n) is 8.05. The molecule has 2 rings (SSSR count). The molecule has 1 aliphatic rings. The van der Waals surface area contributed by atoms with Gasteiger partial charge in [-0.3, -0.25) is 0 Å². The van der Waals surface area contributed by atoms with Crippen LogP contribution in [0.4, 0.5) is 5.82 Å². The van der Waals surface area contributed by atoms with Crippen molar-refractivity contribution in [1.82, 2.24) is 10.3 Å². The second-order valence-electron chi connectivity index (χ2n) is 6.76. The summed E-state index contributed by atoms with van der Waals surface area (Å²) in [5, 5.41) is 3.55. The van der Waals surface area contributed by atoms with Crippen molar-refractivity contribution in [3.05, 3.63) is 23.9 Å². The van der Waals surface area contributed by atoms with Crippen LogP contribution in [0.5, 0.6) is 0 Å². The normalized spacial score (nSPS) is 19.0. The summed E-state index contributed by atoms with van der Waals surface area (Å²) in [6, 6.07) is 4.18. The Labute approximate surface area is 128 Å². The quantitative estimate of drug-likeness (QED) is 0.874. The summed E-state index contributed by atoms with van der Waals surface area (Å²) in [7, 11) is 0. The summed E-state index contributed by atoms with van der Waals surface area (Å²) in [4.78, 5) is 6.97. The summed E-state index contributed by atoms with van der Waals surface area (Å²) < 4.78 is 5.78. The number of rotatable bonds is 6. The van der Waals surface area contributed by atoms with Gasteiger partial charge in [-0.05, 0) is 46.6 Å². The van der Waals surface area contributed by atoms with Gasteiger partial charge in [-0.1, -0.05) is 6.07 Å². The van der Waals surface area contributed by atoms with Crippen LogP contribution >= 0.6 is 0 Å². The maximum atomic E-state index is 5.78. The average molecular weight is 291 g/mol. The highest BCUT2D eigenvalue weighted by Crippen LogP contribution is 2.21. The fraction of sp³-hybridized carbons (Fsp3) is 0.706. The van der Waals surface area contributed by atoms with E-state index in [0.29, 0.717) is 6.10 Å². The maximum Gasteiger partial charge on any atom is 0.133 e. The standard InChI is InChI=1S/C17H29N3O/c1-5-20(13-15-9-7-11-21-15)16-14(8-6-10-18-16)12-19-17(2,3)4/h6,8,10,15,19H,5,7,9,11-13H2,1-4H3. The summed E-state index contributed by atoms with van der Waals surface area (Å²) >= 11 is 0. The van der Waals surface area contributed by atoms with Crippen molar-refractivity contribution in [1.29, 1.82) is 0 Å². The smallest absolute Gasteiger partial charge is 0.133 e. The summed E-state index contributed by atoms with van der Waals surface area (Å²) in [6.45, 7) is 12.4. The van der Waals surface area contributed by atoms with Gasteiger partial charge in [0.05, 0.1) is 6.10 Å². The zero-order valence-electron chi connectivity index (χ0n) is 13.9. The third kappa shape index (κ3) is 4.97. The van der Waals surface area contributed by atoms with E-state index in [-0.39, 0.29) is 5.54 Å². The van der Waals surface area contributed by atoms with Crippen LogP contribution in [0.3, 0.4) is 0 Å². The predicted octanol–water partition coefficient (Wildman–Crippen LogP) is 2.98. The van der Waals surface area contributed by atoms with Crippen LogP contribution in [0, 0.1) is 0 Å². The van der Waals surface area contributed by atoms with Gasteiger partial charge < -0.3 is 15.0 Å². The van der Waals surface area contributed by atoms with Crippen molar-refractivity contribution >= 4 is 5.82 Å². The first-order chi connectivity index (χ1) is 9.99. The molecule has 1 aliphatic heterocycles. The largest absolute Gasteiger partial charge is 0.376 e. The molecule has 1 N–H and O–H groups in total. The van der Waals surface area contributed by atoms with Crippen LogP contribution in [0.2, 0.25) is 0 Å². The van der Waals surface area contributed by atoms with Crippen molar-refractivity contribution in [2.75, 3.05) is 24.6 Å². The number of hydrogen-bond donors (Lipinski definition) is 1. The number of likely N-dealkylation sites (N-methyl/N-ethyl adjacent to an activating group) is 1. The highest BCUT2D eigenvalue weighted by Gasteiger charge is 2.21. The Balaban J connectivity index is 2.08. The lowest BCUT2D eigenvalue weighted by molar-refractivity contribution is 0.115. The minimum Gasteiger partial charge on any atom is -0.376 e. The fourth-order valence-corrected chi connectivity index (χ4v) is 2.61. The topological polar surface area (TPSA) is 37.4 Å². The van der Waals surface area contributed by atoms with Gasteiger partial charge in [0, 0.05) is 43.5 Å². The molecule has 0 bridgehead atoms. The Morgan fingerprint density at radius 3 is 2.86 bits per heavy atom. The molecule has 1 fully saturated rings. The van der Waals surface area contributed by atoms with E-state index in [1.807, 2.05) is 12.3 Å². The molecule has 0 aliphatic carbocycles. The molecule has 4 heteroatoms. The van der Waals surface area contributed by atoms with E-state index >= 15 is 0 Å². The molecule has 1 aromatic rings. The molecule has 1 unspecified atom stereocenters. The number of aromatic nitrogens is 1. The Kier molecular flexibility index (Phi) is 5.59. The van der Waals surface area contributed by atoms with Crippen LogP contribution < -0.4 is 10.2 Å². The molecule has 0 radical (unpaired) electrons. The highest BCUT2D eigenvalue weighted by molar-refractivity contribution is 5.46. The second-order valence-corrected chi connectivity index (χ2v) is 6.76. The molecule has 0 saturated carbocycles. The molecule has 0 aromatic carbocycles. The van der Waals surface area contributed by atoms with Gasteiger partial charge in [0.25, 0.3) is 0 Å². The first-order valence-corrected chi connectivity index (χ1v) is 8.05. The first kappa shape index (κ1) is 16.2. The molecule has 118 valence electrons. The van der Waals surface area contributed by atoms with Gasteiger partial charge >= 0.3 is 0 Å². The second kappa shape index (κ2) is 7.23. The highest BCUT2D eigenvalue weighted by atomic mass is 16.5. The van der Waals surface area contributed by atoms with E-state index in [1.54, 1.807) is 0 Å². The lowest BCUT2D eigenvalue weighted by Gasteiger charge is -2.28. The van der Waals surface area contributed by atoms with Gasteiger partial charge in [0.2, 0.25) is 0 Å². The Morgan fingerprint density at radius 1 is 1.43 bits per heavy atom. The van der Waals surface area contributed by atoms with Crippen LogP contribution in [0.15, 0.2) is 18.3 Å². The molecule has 21 heavy (non-hydrogen) atoms. The zero-order chi connectivity index (χ0) is 15.3. The van der Waals surface area contributed by atoms with E-state index in [4.69, 9.17) is 4.74 Å². The van der Waals surface area contributed by atoms with Crippen LogP contribution in [-0.2, 0) is 11.3 Å². The van der Waals surface area contributed by atoms with Gasteiger partial charge in [-0.2, -0.15) is 0 Å². The van der Waals surface area contributed by atoms with E-state index < -0.39 is 0 Å². The lowest BCUT2D eigenvalue weighted by atomic mass is 10.1. The zero-order valence-corrected chi connectivity index (χ0v) is 13.9. The van der Waals surface area contributed by atoms with Crippen LogP contribution in [0.1, 0.15) is 46.1 Å². The van der Waals surface area contributed by atoms with Crippen molar-refractivity contribution in [2.24, 2.45) is 0 Å². The SMILES string of the molecule is CCN(CC1CCCO1)c1ncccc1CNC(C)(C)C. The molecule has 1 atom stereocenters. The number of hydrogen-bond acceptors (Lipinski definition) is 4. The van der Waals surface area contributed by atoms with E-state index in [9.17, 15) is 0 Å². The number of anilines is 1. The summed E-state index contributed by atoms with van der Waals surface area (Å²) in [6.07, 6.45) is 4.59. The van der Waals surface area contributed by atoms with Gasteiger partial charge in [0.15, 0.2) is 0 Å². The summed E-state index contributed by atoms with van der Waals surface area (Å²) in [5.74, 6) is 1.09. The molecule has 0 spiro atoms. The van der Waals surface area contributed by atoms with Crippen LogP contribution in [0.25, 0.3) is 0 Å². The third-order valence-electron chi connectivity index (χ3n) is 3.81. The monoisotopic (exact) mass is 291 g/mol. The Hall–Kier alpha value is -1.13. The number of nitrogens with one attached hydrogen (secondary N) is 1. The van der Waals surface area contributed by atoms with E-state index in [2.05, 4.69) is 49.0 Å². The fourth-order valence-electron chi connectivity index (χ4n) is 2.61. The maximum absolute atomic E-state index is 5.78. The number of pyridine rings is 1. The van der Waals surface area contributed by atoms with E-state index in [0.717, 1.165) is 32.1 Å². The molecule has 1 saturated heterocycles. The van der Waals surface area contributed by atoms with E-state index in [1.165, 1.54) is 18.4 Å². The van der Waals surface area contributed by atoms with Crippen molar-refractivity contribution < 1.29 is 4.74 Å². The summed E-state index contributed by atoms with van der Waals surface area (Å²) in [5.41, 5.74) is 1.37. The van der Waals surface area contributed by atoms with Crippen LogP contribution in [-0.4, -0.2) is 36.3 Å². The molecular formula is C17H29N3O. The van der Waals surface area contributed by atoms with Crippen molar-refractivity contribution in [3.63, 3.8) is 0 Å². The number of ether oxygens (including phenoxy) is 1.